The van der Waals surface area contributed by atoms with Crippen molar-refractivity contribution in [3.05, 3.63) is 136 Å². The first-order valence-corrected chi connectivity index (χ1v) is 22.4. The number of ketones is 1. The molecule has 2 aromatic rings. The van der Waals surface area contributed by atoms with E-state index in [0.29, 0.717) is 25.0 Å². The molecule has 5 atom stereocenters. The number of aromatic nitrogens is 2. The van der Waals surface area contributed by atoms with Gasteiger partial charge in [0.15, 0.2) is 11.9 Å². The number of aliphatic hydroxyl groups is 1. The fourth-order valence-electron chi connectivity index (χ4n) is 6.09. The topological polar surface area (TPSA) is 171 Å². The van der Waals surface area contributed by atoms with E-state index in [-0.39, 0.29) is 18.1 Å². The molecule has 0 saturated carbocycles. The van der Waals surface area contributed by atoms with Gasteiger partial charge in [-0.1, -0.05) is 117 Å². The number of H-pyrrole nitrogens is 1. The van der Waals surface area contributed by atoms with E-state index in [2.05, 4.69) is 79.8 Å². The molecule has 0 radical (unpaired) electrons. The van der Waals surface area contributed by atoms with Crippen LogP contribution in [0.2, 0.25) is 0 Å². The molecule has 2 heterocycles. The van der Waals surface area contributed by atoms with Gasteiger partial charge < -0.3 is 14.4 Å². The van der Waals surface area contributed by atoms with E-state index in [1.807, 2.05) is 4.98 Å². The van der Waals surface area contributed by atoms with E-state index in [1.54, 1.807) is 30.3 Å². The molecule has 14 heteroatoms. The van der Waals surface area contributed by atoms with Gasteiger partial charge in [0.25, 0.3) is 5.56 Å². The van der Waals surface area contributed by atoms with Crippen molar-refractivity contribution >= 4 is 19.5 Å². The molecule has 1 aromatic carbocycles. The largest absolute Gasteiger partial charge is 0.424 e. The van der Waals surface area contributed by atoms with Crippen LogP contribution in [0.1, 0.15) is 110 Å². The molecule has 1 aromatic heterocycles. The van der Waals surface area contributed by atoms with Gasteiger partial charge in [-0.15, -0.1) is 0 Å². The SMILES string of the molecule is CC/C=C\C/C=C\C/C=C\C/C=C\C/C=C\C/C=C\CCC(=O)CCCCCCCP(=O)(OC[C@H]1OC(n2ccc(=O)[nH]c2=O)[C@](C)(F)[C@@H]1O)Oc1ccccc1.O=C=O. The van der Waals surface area contributed by atoms with Crippen LogP contribution in [0.3, 0.4) is 0 Å². The fraction of sp³-hybridized carbons (Fsp3) is 0.478. The Hall–Kier alpha value is -4.77. The first-order chi connectivity index (χ1) is 29.0. The zero-order valence-electron chi connectivity index (χ0n) is 34.9. The summed E-state index contributed by atoms with van der Waals surface area (Å²) in [7, 11) is -3.78. The number of nitrogens with zero attached hydrogens (tertiary/aromatic N) is 1. The molecule has 12 nitrogen and oxygen atoms in total. The molecule has 0 aliphatic carbocycles. The maximum Gasteiger partial charge on any atom is 0.379 e. The van der Waals surface area contributed by atoms with E-state index in [4.69, 9.17) is 23.4 Å². The number of alkyl halides is 1. The Labute approximate surface area is 353 Å². The molecular formula is C46H62FN2O10P. The second-order valence-corrected chi connectivity index (χ2v) is 16.4. The molecule has 0 amide bonds. The average Bonchev–Trinajstić information content (AvgIpc) is 3.44. The van der Waals surface area contributed by atoms with Gasteiger partial charge in [0.1, 0.15) is 23.7 Å². The lowest BCUT2D eigenvalue weighted by Crippen LogP contribution is -2.43. The molecule has 1 aliphatic heterocycles. The van der Waals surface area contributed by atoms with Crippen molar-refractivity contribution in [1.82, 2.24) is 9.55 Å². The number of hydrogen-bond acceptors (Lipinski definition) is 10. The second kappa shape index (κ2) is 30.3. The standard InChI is InChI=1S/C45H62FN2O8P.CO2/c1-3-4-5-6-7-8-9-10-11-12-13-14-15-16-17-18-19-21-25-30-38(49)31-26-22-20-23-29-36-57(53,56-39-32-27-24-28-33-39)54-37-40-42(51)45(2,46)43(55-40)48-35-34-41(50)47-44(48)52;2-1-3/h4-5,7-8,10-11,13-14,16-17,19,21,24,27-28,32-35,40,42-43,51H,3,6,9,12,15,18,20,22-23,25-26,29-31,36-37H2,1-2H3,(H,47,50,52);/b5-4-,8-7-,11-10-,14-13-,17-16-,21-19-;/t40-,42-,43?,45-,57?;/m1./s1. The summed E-state index contributed by atoms with van der Waals surface area (Å²) in [6, 6.07) is 9.59. The minimum Gasteiger partial charge on any atom is -0.424 e. The Morgan fingerprint density at radius 2 is 1.38 bits per heavy atom. The number of benzene rings is 1. The third-order valence-corrected chi connectivity index (χ3v) is 11.2. The van der Waals surface area contributed by atoms with Gasteiger partial charge in [-0.05, 0) is 76.8 Å². The number of hydrogen-bond donors (Lipinski definition) is 2. The molecule has 1 aliphatic rings. The van der Waals surface area contributed by atoms with Gasteiger partial charge in [-0.3, -0.25) is 23.7 Å². The summed E-state index contributed by atoms with van der Waals surface area (Å²) in [6.45, 7) is 2.77. The molecule has 328 valence electrons. The van der Waals surface area contributed by atoms with Gasteiger partial charge in [0.05, 0.1) is 12.8 Å². The predicted molar refractivity (Wildman–Crippen MR) is 231 cm³/mol. The van der Waals surface area contributed by atoms with E-state index < -0.39 is 49.6 Å². The van der Waals surface area contributed by atoms with Gasteiger partial charge >= 0.3 is 19.4 Å². The van der Waals surface area contributed by atoms with Crippen molar-refractivity contribution in [2.45, 2.75) is 128 Å². The van der Waals surface area contributed by atoms with Crippen molar-refractivity contribution in [3.8, 4) is 5.75 Å². The molecule has 60 heavy (non-hydrogen) atoms. The van der Waals surface area contributed by atoms with Crippen molar-refractivity contribution in [2.75, 3.05) is 12.8 Å². The number of ether oxygens (including phenoxy) is 1. The van der Waals surface area contributed by atoms with Crippen molar-refractivity contribution < 1.29 is 42.2 Å². The van der Waals surface area contributed by atoms with Crippen LogP contribution in [0.5, 0.6) is 5.75 Å². The number of para-hydroxylation sites is 1. The Kier molecular flexibility index (Phi) is 25.9. The molecule has 0 spiro atoms. The lowest BCUT2D eigenvalue weighted by atomic mass is 9.98. The van der Waals surface area contributed by atoms with E-state index in [9.17, 15) is 24.1 Å². The fourth-order valence-corrected chi connectivity index (χ4v) is 7.80. The van der Waals surface area contributed by atoms with Crippen molar-refractivity contribution in [2.24, 2.45) is 0 Å². The van der Waals surface area contributed by atoms with Gasteiger partial charge in [-0.2, -0.15) is 9.59 Å². The van der Waals surface area contributed by atoms with Crippen LogP contribution in [0.4, 0.5) is 4.39 Å². The smallest absolute Gasteiger partial charge is 0.379 e. The molecule has 2 N–H and O–H groups in total. The van der Waals surface area contributed by atoms with Crippen molar-refractivity contribution in [3.63, 3.8) is 0 Å². The molecular weight excluding hydrogens is 790 g/mol. The van der Waals surface area contributed by atoms with Crippen LogP contribution in [0.25, 0.3) is 0 Å². The maximum atomic E-state index is 15.7. The molecule has 3 rings (SSSR count). The Bertz CT molecular complexity index is 1910. The lowest BCUT2D eigenvalue weighted by Gasteiger charge is -2.24. The predicted octanol–water partition coefficient (Wildman–Crippen LogP) is 9.62. The Morgan fingerprint density at radius 1 is 0.850 bits per heavy atom. The van der Waals surface area contributed by atoms with Crippen LogP contribution in [-0.2, 0) is 28.2 Å². The number of carbonyl (C=O) groups is 1. The Balaban J connectivity index is 0.00000401. The van der Waals surface area contributed by atoms with Crippen LogP contribution in [-0.4, -0.2) is 57.2 Å². The monoisotopic (exact) mass is 852 g/mol. The number of unbranched alkanes of at least 4 members (excludes halogenated alkanes) is 4. The summed E-state index contributed by atoms with van der Waals surface area (Å²) in [6.07, 6.45) is 34.1. The lowest BCUT2D eigenvalue weighted by molar-refractivity contribution is -0.191. The van der Waals surface area contributed by atoms with E-state index in [0.717, 1.165) is 94.4 Å². The zero-order chi connectivity index (χ0) is 43.9. The number of allylic oxidation sites excluding steroid dienone is 12. The summed E-state index contributed by atoms with van der Waals surface area (Å²) in [5, 5.41) is 10.7. The van der Waals surface area contributed by atoms with Crippen LogP contribution >= 0.6 is 7.60 Å². The quantitative estimate of drug-likeness (QED) is 0.0477. The third kappa shape index (κ3) is 21.0. The summed E-state index contributed by atoms with van der Waals surface area (Å²) < 4.78 is 47.7. The second-order valence-electron chi connectivity index (χ2n) is 14.3. The highest BCUT2D eigenvalue weighted by molar-refractivity contribution is 7.54. The number of aromatic amines is 1. The Morgan fingerprint density at radius 3 is 1.95 bits per heavy atom. The number of aliphatic hydroxyl groups excluding tert-OH is 1. The van der Waals surface area contributed by atoms with E-state index >= 15 is 4.39 Å². The number of halogens is 1. The van der Waals surface area contributed by atoms with Gasteiger partial charge in [0.2, 0.25) is 0 Å². The first kappa shape index (κ1) is 51.4. The van der Waals surface area contributed by atoms with Crippen LogP contribution < -0.4 is 15.8 Å². The highest BCUT2D eigenvalue weighted by Crippen LogP contribution is 2.50. The highest BCUT2D eigenvalue weighted by atomic mass is 31.2. The summed E-state index contributed by atoms with van der Waals surface area (Å²) >= 11 is 0. The highest BCUT2D eigenvalue weighted by Gasteiger charge is 2.55. The number of carbonyl (C=O) groups excluding carboxylic acids is 3. The van der Waals surface area contributed by atoms with E-state index in [1.165, 1.54) is 0 Å². The molecule has 0 bridgehead atoms. The summed E-state index contributed by atoms with van der Waals surface area (Å²) in [4.78, 5) is 54.5. The summed E-state index contributed by atoms with van der Waals surface area (Å²) in [5.74, 6) is 0.585. The van der Waals surface area contributed by atoms with Crippen LogP contribution in [0, 0.1) is 0 Å². The van der Waals surface area contributed by atoms with Gasteiger partial charge in [-0.25, -0.2) is 13.8 Å². The maximum absolute atomic E-state index is 15.7. The molecule has 1 saturated heterocycles. The van der Waals surface area contributed by atoms with Crippen LogP contribution in [0.15, 0.2) is 125 Å². The molecule has 1 fully saturated rings. The number of rotatable bonds is 28. The zero-order valence-corrected chi connectivity index (χ0v) is 35.8. The minimum absolute atomic E-state index is 0.0747. The molecule has 2 unspecified atom stereocenters. The minimum atomic E-state index is -3.78. The number of nitrogens with one attached hydrogen (secondary N) is 1. The third-order valence-electron chi connectivity index (χ3n) is 9.32. The average molecular weight is 853 g/mol. The number of Topliss-reactive ketones (excluding diaryl/α,β-unsaturated/α-hetero) is 1. The van der Waals surface area contributed by atoms with Crippen molar-refractivity contribution in [1.29, 1.82) is 0 Å². The normalized spacial score (nSPS) is 20.4. The first-order valence-electron chi connectivity index (χ1n) is 20.7. The van der Waals surface area contributed by atoms with Gasteiger partial charge in [0, 0.05) is 25.1 Å². The summed E-state index contributed by atoms with van der Waals surface area (Å²) in [5.41, 5.74) is -3.97.